The van der Waals surface area contributed by atoms with Crippen molar-refractivity contribution in [3.8, 4) is 11.3 Å². The van der Waals surface area contributed by atoms with Gasteiger partial charge in [0.25, 0.3) is 0 Å². The summed E-state index contributed by atoms with van der Waals surface area (Å²) in [6.07, 6.45) is 4.40. The van der Waals surface area contributed by atoms with E-state index in [9.17, 15) is 4.79 Å². The van der Waals surface area contributed by atoms with Gasteiger partial charge in [0.1, 0.15) is 6.10 Å². The van der Waals surface area contributed by atoms with Crippen LogP contribution in [0.3, 0.4) is 0 Å². The van der Waals surface area contributed by atoms with Crippen LogP contribution in [0.2, 0.25) is 0 Å². The summed E-state index contributed by atoms with van der Waals surface area (Å²) >= 11 is 0. The minimum atomic E-state index is -0.275. The number of nitrogens with zero attached hydrogens (tertiary/aromatic N) is 1. The smallest absolute Gasteiger partial charge is 0.249 e. The van der Waals surface area contributed by atoms with Gasteiger partial charge in [-0.2, -0.15) is 5.10 Å². The van der Waals surface area contributed by atoms with Gasteiger partial charge in [-0.05, 0) is 36.5 Å². The average molecular weight is 285 g/mol. The van der Waals surface area contributed by atoms with Gasteiger partial charge in [0.15, 0.2) is 0 Å². The standard InChI is InChI=1S/C16H19N3O2/c20-16(15-3-1-2-10-21-15)17-11-12-4-6-13(7-5-12)14-8-9-18-19-14/h4-9,15H,1-3,10-11H2,(H,17,20)(H,18,19). The first-order valence-corrected chi connectivity index (χ1v) is 7.31. The maximum atomic E-state index is 12.0. The highest BCUT2D eigenvalue weighted by atomic mass is 16.5. The van der Waals surface area contributed by atoms with Crippen molar-refractivity contribution in [1.82, 2.24) is 15.5 Å². The molecule has 1 amide bonds. The van der Waals surface area contributed by atoms with Crippen LogP contribution in [0.5, 0.6) is 0 Å². The van der Waals surface area contributed by atoms with Gasteiger partial charge in [0.05, 0.1) is 5.69 Å². The Morgan fingerprint density at radius 1 is 1.29 bits per heavy atom. The molecule has 5 heteroatoms. The SMILES string of the molecule is O=C(NCc1ccc(-c2ccn[nH]2)cc1)C1CCCCO1. The van der Waals surface area contributed by atoms with Crippen molar-refractivity contribution in [3.63, 3.8) is 0 Å². The third kappa shape index (κ3) is 3.49. The molecule has 0 radical (unpaired) electrons. The van der Waals surface area contributed by atoms with Crippen molar-refractivity contribution in [2.24, 2.45) is 0 Å². The van der Waals surface area contributed by atoms with Crippen LogP contribution in [0.25, 0.3) is 11.3 Å². The van der Waals surface area contributed by atoms with Crippen molar-refractivity contribution >= 4 is 5.91 Å². The molecule has 5 nitrogen and oxygen atoms in total. The van der Waals surface area contributed by atoms with Crippen molar-refractivity contribution < 1.29 is 9.53 Å². The van der Waals surface area contributed by atoms with Gasteiger partial charge in [0, 0.05) is 19.3 Å². The van der Waals surface area contributed by atoms with Crippen LogP contribution in [-0.4, -0.2) is 28.8 Å². The lowest BCUT2D eigenvalue weighted by Gasteiger charge is -2.21. The van der Waals surface area contributed by atoms with Crippen LogP contribution in [0, 0.1) is 0 Å². The Morgan fingerprint density at radius 2 is 2.14 bits per heavy atom. The molecule has 1 aromatic carbocycles. The number of rotatable bonds is 4. The number of aromatic amines is 1. The molecule has 0 saturated carbocycles. The van der Waals surface area contributed by atoms with E-state index in [2.05, 4.69) is 15.5 Å². The number of benzene rings is 1. The van der Waals surface area contributed by atoms with Crippen molar-refractivity contribution in [2.75, 3.05) is 6.61 Å². The Morgan fingerprint density at radius 3 is 2.81 bits per heavy atom. The molecule has 21 heavy (non-hydrogen) atoms. The molecular formula is C16H19N3O2. The molecular weight excluding hydrogens is 266 g/mol. The lowest BCUT2D eigenvalue weighted by molar-refractivity contribution is -0.135. The van der Waals surface area contributed by atoms with E-state index in [1.807, 2.05) is 30.3 Å². The molecule has 1 saturated heterocycles. The van der Waals surface area contributed by atoms with Crippen molar-refractivity contribution in [2.45, 2.75) is 31.9 Å². The molecule has 2 N–H and O–H groups in total. The molecule has 0 aliphatic carbocycles. The monoisotopic (exact) mass is 285 g/mol. The van der Waals surface area contributed by atoms with E-state index in [4.69, 9.17) is 4.74 Å². The van der Waals surface area contributed by atoms with E-state index in [0.29, 0.717) is 13.2 Å². The van der Waals surface area contributed by atoms with E-state index in [1.54, 1.807) is 6.20 Å². The second kappa shape index (κ2) is 6.54. The maximum absolute atomic E-state index is 12.0. The fraction of sp³-hybridized carbons (Fsp3) is 0.375. The number of ether oxygens (including phenoxy) is 1. The van der Waals surface area contributed by atoms with Crippen LogP contribution in [0.4, 0.5) is 0 Å². The predicted octanol–water partition coefficient (Wildman–Crippen LogP) is 2.26. The van der Waals surface area contributed by atoms with Crippen LogP contribution in [-0.2, 0) is 16.1 Å². The Hall–Kier alpha value is -2.14. The van der Waals surface area contributed by atoms with Gasteiger partial charge in [-0.25, -0.2) is 0 Å². The molecule has 1 unspecified atom stereocenters. The van der Waals surface area contributed by atoms with Gasteiger partial charge >= 0.3 is 0 Å². The molecule has 1 atom stereocenters. The van der Waals surface area contributed by atoms with E-state index >= 15 is 0 Å². The van der Waals surface area contributed by atoms with Gasteiger partial charge < -0.3 is 10.1 Å². The number of carbonyl (C=O) groups is 1. The summed E-state index contributed by atoms with van der Waals surface area (Å²) in [4.78, 5) is 12.0. The summed E-state index contributed by atoms with van der Waals surface area (Å²) in [6, 6.07) is 9.99. The number of aromatic nitrogens is 2. The van der Waals surface area contributed by atoms with Crippen molar-refractivity contribution in [1.29, 1.82) is 0 Å². The molecule has 2 heterocycles. The largest absolute Gasteiger partial charge is 0.368 e. The van der Waals surface area contributed by atoms with E-state index in [1.165, 1.54) is 0 Å². The van der Waals surface area contributed by atoms with Gasteiger partial charge in [-0.15, -0.1) is 0 Å². The maximum Gasteiger partial charge on any atom is 0.249 e. The lowest BCUT2D eigenvalue weighted by Crippen LogP contribution is -2.37. The summed E-state index contributed by atoms with van der Waals surface area (Å²) < 4.78 is 5.47. The number of hydrogen-bond donors (Lipinski definition) is 2. The molecule has 1 aliphatic heterocycles. The highest BCUT2D eigenvalue weighted by molar-refractivity contribution is 5.80. The molecule has 1 aliphatic rings. The molecule has 1 fully saturated rings. The molecule has 0 bridgehead atoms. The summed E-state index contributed by atoms with van der Waals surface area (Å²) in [7, 11) is 0. The van der Waals surface area contributed by atoms with Crippen LogP contribution >= 0.6 is 0 Å². The Labute approximate surface area is 123 Å². The van der Waals surface area contributed by atoms with Gasteiger partial charge in [0.2, 0.25) is 5.91 Å². The summed E-state index contributed by atoms with van der Waals surface area (Å²) in [5.41, 5.74) is 3.14. The van der Waals surface area contributed by atoms with Crippen LogP contribution in [0.1, 0.15) is 24.8 Å². The topological polar surface area (TPSA) is 67.0 Å². The molecule has 0 spiro atoms. The zero-order chi connectivity index (χ0) is 14.5. The Balaban J connectivity index is 1.54. The molecule has 110 valence electrons. The zero-order valence-corrected chi connectivity index (χ0v) is 11.8. The first-order chi connectivity index (χ1) is 10.3. The minimum Gasteiger partial charge on any atom is -0.368 e. The first-order valence-electron chi connectivity index (χ1n) is 7.31. The van der Waals surface area contributed by atoms with Gasteiger partial charge in [-0.1, -0.05) is 24.3 Å². The van der Waals surface area contributed by atoms with E-state index in [0.717, 1.165) is 36.1 Å². The summed E-state index contributed by atoms with van der Waals surface area (Å²) in [5.74, 6) is -0.00709. The summed E-state index contributed by atoms with van der Waals surface area (Å²) in [5, 5.41) is 9.81. The van der Waals surface area contributed by atoms with E-state index < -0.39 is 0 Å². The minimum absolute atomic E-state index is 0.00709. The number of nitrogens with one attached hydrogen (secondary N) is 2. The highest BCUT2D eigenvalue weighted by Crippen LogP contribution is 2.17. The van der Waals surface area contributed by atoms with Crippen LogP contribution < -0.4 is 5.32 Å². The number of carbonyl (C=O) groups excluding carboxylic acids is 1. The molecule has 2 aromatic rings. The fourth-order valence-corrected chi connectivity index (χ4v) is 2.47. The fourth-order valence-electron chi connectivity index (χ4n) is 2.47. The number of H-pyrrole nitrogens is 1. The second-order valence-corrected chi connectivity index (χ2v) is 5.24. The average Bonchev–Trinajstić information content (AvgIpc) is 3.08. The van der Waals surface area contributed by atoms with Crippen molar-refractivity contribution in [3.05, 3.63) is 42.1 Å². The Kier molecular flexibility index (Phi) is 4.31. The predicted molar refractivity (Wildman–Crippen MR) is 79.5 cm³/mol. The van der Waals surface area contributed by atoms with E-state index in [-0.39, 0.29) is 12.0 Å². The third-order valence-electron chi connectivity index (χ3n) is 3.70. The number of amides is 1. The highest BCUT2D eigenvalue weighted by Gasteiger charge is 2.21. The quantitative estimate of drug-likeness (QED) is 0.905. The lowest BCUT2D eigenvalue weighted by atomic mass is 10.1. The van der Waals surface area contributed by atoms with Crippen LogP contribution in [0.15, 0.2) is 36.5 Å². The second-order valence-electron chi connectivity index (χ2n) is 5.24. The summed E-state index contributed by atoms with van der Waals surface area (Å²) in [6.45, 7) is 1.22. The zero-order valence-electron chi connectivity index (χ0n) is 11.8. The molecule has 1 aromatic heterocycles. The normalized spacial score (nSPS) is 18.4. The van der Waals surface area contributed by atoms with Gasteiger partial charge in [-0.3, -0.25) is 9.89 Å². The Bertz CT molecular complexity index is 572. The molecule has 3 rings (SSSR count). The first kappa shape index (κ1) is 13.8. The third-order valence-corrected chi connectivity index (χ3v) is 3.70. The number of hydrogen-bond acceptors (Lipinski definition) is 3.